The van der Waals surface area contributed by atoms with Crippen LogP contribution in [-0.4, -0.2) is 36.1 Å². The van der Waals surface area contributed by atoms with Crippen LogP contribution < -0.4 is 24.4 Å². The lowest BCUT2D eigenvalue weighted by Gasteiger charge is -2.32. The van der Waals surface area contributed by atoms with E-state index < -0.39 is 6.10 Å². The predicted molar refractivity (Wildman–Crippen MR) is 127 cm³/mol. The summed E-state index contributed by atoms with van der Waals surface area (Å²) in [4.78, 5) is 30.9. The number of hydrogen-bond acceptors (Lipinski definition) is 6. The number of ether oxygens (including phenoxy) is 3. The molecule has 1 aromatic heterocycles. The third-order valence-electron chi connectivity index (χ3n) is 5.29. The fourth-order valence-corrected chi connectivity index (χ4v) is 3.59. The number of pyridine rings is 1. The standard InChI is InChI=1S/C26H27N3O5/c1-3-32-22-10-6-7-11-23(22)34-25-13-12-19(17-28-25)16-27-24(30)14-15-29-20-8-4-5-9-21(20)33-18(2)26(29)31/h4-13,17-18H,3,14-16H2,1-2H3,(H,27,30). The smallest absolute Gasteiger partial charge is 0.267 e. The quantitative estimate of drug-likeness (QED) is 0.516. The van der Waals surface area contributed by atoms with E-state index in [9.17, 15) is 9.59 Å². The molecule has 3 aromatic rings. The van der Waals surface area contributed by atoms with Crippen molar-refractivity contribution in [2.24, 2.45) is 0 Å². The molecule has 0 aliphatic carbocycles. The van der Waals surface area contributed by atoms with Gasteiger partial charge >= 0.3 is 0 Å². The second-order valence-electron chi connectivity index (χ2n) is 7.73. The van der Waals surface area contributed by atoms with Crippen molar-refractivity contribution in [1.29, 1.82) is 0 Å². The summed E-state index contributed by atoms with van der Waals surface area (Å²) in [6.07, 6.45) is 1.25. The van der Waals surface area contributed by atoms with E-state index in [2.05, 4.69) is 10.3 Å². The van der Waals surface area contributed by atoms with Gasteiger partial charge in [-0.15, -0.1) is 0 Å². The van der Waals surface area contributed by atoms with Crippen molar-refractivity contribution in [2.45, 2.75) is 32.9 Å². The van der Waals surface area contributed by atoms with Crippen molar-refractivity contribution in [3.63, 3.8) is 0 Å². The predicted octanol–water partition coefficient (Wildman–Crippen LogP) is 4.09. The highest BCUT2D eigenvalue weighted by atomic mass is 16.5. The molecule has 1 atom stereocenters. The molecule has 1 unspecified atom stereocenters. The molecule has 8 nitrogen and oxygen atoms in total. The molecule has 0 saturated carbocycles. The molecule has 0 spiro atoms. The Hall–Kier alpha value is -4.07. The van der Waals surface area contributed by atoms with Crippen LogP contribution in [0.1, 0.15) is 25.8 Å². The van der Waals surface area contributed by atoms with E-state index >= 15 is 0 Å². The third-order valence-corrected chi connectivity index (χ3v) is 5.29. The summed E-state index contributed by atoms with van der Waals surface area (Å²) in [5, 5.41) is 2.87. The SMILES string of the molecule is CCOc1ccccc1Oc1ccc(CNC(=O)CCN2C(=O)C(C)Oc3ccccc32)cn1. The average molecular weight is 462 g/mol. The molecule has 0 bridgehead atoms. The van der Waals surface area contributed by atoms with Gasteiger partial charge in [0, 0.05) is 31.8 Å². The number of nitrogens with one attached hydrogen (secondary N) is 1. The average Bonchev–Trinajstić information content (AvgIpc) is 2.85. The van der Waals surface area contributed by atoms with Gasteiger partial charge in [-0.05, 0) is 43.7 Å². The van der Waals surface area contributed by atoms with E-state index in [1.165, 1.54) is 0 Å². The normalized spacial score (nSPS) is 14.7. The Morgan fingerprint density at radius 3 is 2.62 bits per heavy atom. The molecule has 1 aliphatic rings. The zero-order chi connectivity index (χ0) is 23.9. The lowest BCUT2D eigenvalue weighted by atomic mass is 10.1. The summed E-state index contributed by atoms with van der Waals surface area (Å²) >= 11 is 0. The van der Waals surface area contributed by atoms with Crippen molar-refractivity contribution < 1.29 is 23.8 Å². The molecule has 4 rings (SSSR count). The molecule has 1 aliphatic heterocycles. The molecule has 0 fully saturated rings. The maximum atomic E-state index is 12.5. The minimum Gasteiger partial charge on any atom is -0.490 e. The molecule has 0 saturated heterocycles. The topological polar surface area (TPSA) is 90.0 Å². The zero-order valence-electron chi connectivity index (χ0n) is 19.2. The van der Waals surface area contributed by atoms with Crippen LogP contribution in [0.25, 0.3) is 0 Å². The number of aromatic nitrogens is 1. The van der Waals surface area contributed by atoms with Gasteiger partial charge in [-0.25, -0.2) is 4.98 Å². The third kappa shape index (κ3) is 5.46. The Bertz CT molecular complexity index is 1150. The van der Waals surface area contributed by atoms with Crippen LogP contribution in [0.5, 0.6) is 23.1 Å². The van der Waals surface area contributed by atoms with Crippen molar-refractivity contribution >= 4 is 17.5 Å². The lowest BCUT2D eigenvalue weighted by molar-refractivity contribution is -0.125. The summed E-state index contributed by atoms with van der Waals surface area (Å²) < 4.78 is 17.0. The van der Waals surface area contributed by atoms with E-state index in [-0.39, 0.29) is 24.8 Å². The number of rotatable bonds is 9. The second kappa shape index (κ2) is 10.7. The summed E-state index contributed by atoms with van der Waals surface area (Å²) in [5.41, 5.74) is 1.52. The number of carbonyl (C=O) groups excluding carboxylic acids is 2. The first-order valence-corrected chi connectivity index (χ1v) is 11.2. The van der Waals surface area contributed by atoms with Crippen molar-refractivity contribution in [3.8, 4) is 23.1 Å². The molecule has 34 heavy (non-hydrogen) atoms. The van der Waals surface area contributed by atoms with E-state index in [1.54, 1.807) is 24.1 Å². The summed E-state index contributed by atoms with van der Waals surface area (Å²) in [7, 11) is 0. The van der Waals surface area contributed by atoms with Crippen LogP contribution in [0.15, 0.2) is 66.9 Å². The van der Waals surface area contributed by atoms with Crippen LogP contribution in [0.3, 0.4) is 0 Å². The zero-order valence-corrected chi connectivity index (χ0v) is 19.2. The van der Waals surface area contributed by atoms with Crippen molar-refractivity contribution in [3.05, 3.63) is 72.4 Å². The van der Waals surface area contributed by atoms with Crippen LogP contribution in [0.4, 0.5) is 5.69 Å². The van der Waals surface area contributed by atoms with E-state index in [0.29, 0.717) is 42.0 Å². The Kier molecular flexibility index (Phi) is 7.27. The molecular weight excluding hydrogens is 434 g/mol. The van der Waals surface area contributed by atoms with Gasteiger partial charge in [0.15, 0.2) is 17.6 Å². The second-order valence-corrected chi connectivity index (χ2v) is 7.73. The van der Waals surface area contributed by atoms with E-state index in [4.69, 9.17) is 14.2 Å². The molecule has 2 aromatic carbocycles. The van der Waals surface area contributed by atoms with E-state index in [1.807, 2.05) is 61.5 Å². The summed E-state index contributed by atoms with van der Waals surface area (Å²) in [6, 6.07) is 18.3. The first-order chi connectivity index (χ1) is 16.5. The molecular formula is C26H27N3O5. The minimum atomic E-state index is -0.578. The number of fused-ring (bicyclic) bond motifs is 1. The van der Waals surface area contributed by atoms with Gasteiger partial charge in [-0.3, -0.25) is 9.59 Å². The maximum Gasteiger partial charge on any atom is 0.267 e. The van der Waals surface area contributed by atoms with Crippen LogP contribution in [0.2, 0.25) is 0 Å². The Labute approximate surface area is 198 Å². The van der Waals surface area contributed by atoms with Crippen LogP contribution >= 0.6 is 0 Å². The largest absolute Gasteiger partial charge is 0.490 e. The molecule has 2 amide bonds. The minimum absolute atomic E-state index is 0.155. The van der Waals surface area contributed by atoms with Crippen LogP contribution in [0, 0.1) is 0 Å². The fraction of sp³-hybridized carbons (Fsp3) is 0.269. The fourth-order valence-electron chi connectivity index (χ4n) is 3.59. The number of anilines is 1. The highest BCUT2D eigenvalue weighted by Crippen LogP contribution is 2.33. The van der Waals surface area contributed by atoms with E-state index in [0.717, 1.165) is 5.56 Å². The van der Waals surface area contributed by atoms with Crippen LogP contribution in [-0.2, 0) is 16.1 Å². The van der Waals surface area contributed by atoms with Gasteiger partial charge in [0.05, 0.1) is 12.3 Å². The molecule has 8 heteroatoms. The summed E-state index contributed by atoms with van der Waals surface area (Å²) in [6.45, 7) is 4.76. The Balaban J connectivity index is 1.29. The van der Waals surface area contributed by atoms with Crippen molar-refractivity contribution in [1.82, 2.24) is 10.3 Å². The highest BCUT2D eigenvalue weighted by Gasteiger charge is 2.31. The van der Waals surface area contributed by atoms with Gasteiger partial charge in [0.2, 0.25) is 11.8 Å². The monoisotopic (exact) mass is 461 g/mol. The number of amides is 2. The first-order valence-electron chi connectivity index (χ1n) is 11.2. The van der Waals surface area contributed by atoms with Gasteiger partial charge in [0.1, 0.15) is 5.75 Å². The Morgan fingerprint density at radius 2 is 1.85 bits per heavy atom. The van der Waals surface area contributed by atoms with Gasteiger partial charge in [-0.1, -0.05) is 30.3 Å². The highest BCUT2D eigenvalue weighted by molar-refractivity contribution is 6.00. The van der Waals surface area contributed by atoms with Gasteiger partial charge < -0.3 is 24.4 Å². The number of benzene rings is 2. The summed E-state index contributed by atoms with van der Waals surface area (Å²) in [5.74, 6) is 2.01. The molecule has 2 heterocycles. The van der Waals surface area contributed by atoms with Crippen molar-refractivity contribution in [2.75, 3.05) is 18.1 Å². The number of carbonyl (C=O) groups is 2. The molecule has 176 valence electrons. The van der Waals surface area contributed by atoms with Gasteiger partial charge in [0.25, 0.3) is 5.91 Å². The molecule has 1 N–H and O–H groups in total. The Morgan fingerprint density at radius 1 is 1.09 bits per heavy atom. The van der Waals surface area contributed by atoms with Gasteiger partial charge in [-0.2, -0.15) is 0 Å². The number of hydrogen-bond donors (Lipinski definition) is 1. The number of para-hydroxylation sites is 4. The maximum absolute atomic E-state index is 12.5. The number of nitrogens with zero attached hydrogens (tertiary/aromatic N) is 2. The molecule has 0 radical (unpaired) electrons. The lowest BCUT2D eigenvalue weighted by Crippen LogP contribution is -2.45. The first kappa shape index (κ1) is 23.1.